The molecule has 0 aliphatic heterocycles. The van der Waals surface area contributed by atoms with Crippen molar-refractivity contribution >= 4 is 69.6 Å². The fourth-order valence-electron chi connectivity index (χ4n) is 2.99. The second-order valence-electron chi connectivity index (χ2n) is 6.75. The van der Waals surface area contributed by atoms with Crippen LogP contribution in [0.25, 0.3) is 16.6 Å². The molecule has 0 saturated heterocycles. The minimum Gasteiger partial charge on any atom is -0.272 e. The molecule has 0 spiro atoms. The lowest BCUT2D eigenvalue weighted by molar-refractivity contribution is -0.118. The Morgan fingerprint density at radius 3 is 2.42 bits per heavy atom. The van der Waals surface area contributed by atoms with Gasteiger partial charge in [0.2, 0.25) is 0 Å². The van der Waals surface area contributed by atoms with Gasteiger partial charge in [0.05, 0.1) is 38.6 Å². The Labute approximate surface area is 208 Å². The third-order valence-corrected chi connectivity index (χ3v) is 6.39. The van der Waals surface area contributed by atoms with Crippen LogP contribution in [0.3, 0.4) is 0 Å². The number of halogens is 3. The summed E-state index contributed by atoms with van der Waals surface area (Å²) < 4.78 is 1.46. The summed E-state index contributed by atoms with van der Waals surface area (Å²) >= 11 is 19.3. The SMILES string of the molecule is O=C(CSc1nc2ccccc2c(=O)n1-c1ccc(Cl)cc1)N/N=C/c1c(Cl)cccc1Cl. The van der Waals surface area contributed by atoms with E-state index < -0.39 is 0 Å². The van der Waals surface area contributed by atoms with Crippen LogP contribution in [0, 0.1) is 0 Å². The first-order valence-electron chi connectivity index (χ1n) is 9.60. The van der Waals surface area contributed by atoms with Crippen LogP contribution in [0.5, 0.6) is 0 Å². The normalized spacial score (nSPS) is 11.2. The molecule has 4 aromatic rings. The van der Waals surface area contributed by atoms with Crippen molar-refractivity contribution in [2.24, 2.45) is 5.10 Å². The van der Waals surface area contributed by atoms with E-state index in [-0.39, 0.29) is 17.2 Å². The molecule has 166 valence electrons. The fourth-order valence-corrected chi connectivity index (χ4v) is 4.42. The van der Waals surface area contributed by atoms with Gasteiger partial charge in [-0.05, 0) is 48.5 Å². The highest BCUT2D eigenvalue weighted by atomic mass is 35.5. The zero-order chi connectivity index (χ0) is 23.4. The summed E-state index contributed by atoms with van der Waals surface area (Å²) in [6, 6.07) is 18.9. The summed E-state index contributed by atoms with van der Waals surface area (Å²) in [6.07, 6.45) is 1.38. The molecular weight excluding hydrogens is 503 g/mol. The van der Waals surface area contributed by atoms with Gasteiger partial charge in [0.1, 0.15) is 0 Å². The van der Waals surface area contributed by atoms with Crippen molar-refractivity contribution < 1.29 is 4.79 Å². The Balaban J connectivity index is 1.57. The number of benzene rings is 3. The van der Waals surface area contributed by atoms with E-state index in [1.165, 1.54) is 10.8 Å². The molecule has 0 aliphatic carbocycles. The number of carbonyl (C=O) groups excluding carboxylic acids is 1. The number of hydrazone groups is 1. The maximum Gasteiger partial charge on any atom is 0.266 e. The minimum absolute atomic E-state index is 0.0219. The molecule has 3 aromatic carbocycles. The van der Waals surface area contributed by atoms with E-state index in [4.69, 9.17) is 34.8 Å². The third-order valence-electron chi connectivity index (χ3n) is 4.54. The number of carbonyl (C=O) groups is 1. The van der Waals surface area contributed by atoms with Crippen molar-refractivity contribution in [3.05, 3.63) is 97.7 Å². The molecule has 0 unspecified atom stereocenters. The van der Waals surface area contributed by atoms with E-state index in [1.54, 1.807) is 66.7 Å². The first kappa shape index (κ1) is 23.3. The van der Waals surface area contributed by atoms with Crippen LogP contribution in [0.1, 0.15) is 5.56 Å². The van der Waals surface area contributed by atoms with Crippen molar-refractivity contribution in [2.45, 2.75) is 5.16 Å². The number of para-hydroxylation sites is 1. The van der Waals surface area contributed by atoms with Gasteiger partial charge in [-0.2, -0.15) is 5.10 Å². The first-order chi connectivity index (χ1) is 15.9. The van der Waals surface area contributed by atoms with Gasteiger partial charge in [0.15, 0.2) is 5.16 Å². The predicted octanol–water partition coefficient (Wildman–Crippen LogP) is 5.59. The number of aromatic nitrogens is 2. The van der Waals surface area contributed by atoms with Gasteiger partial charge >= 0.3 is 0 Å². The number of hydrogen-bond acceptors (Lipinski definition) is 5. The number of amides is 1. The number of nitrogens with zero attached hydrogens (tertiary/aromatic N) is 3. The molecule has 1 heterocycles. The molecular formula is C23H15Cl3N4O2S. The maximum absolute atomic E-state index is 13.2. The number of rotatable bonds is 6. The summed E-state index contributed by atoms with van der Waals surface area (Å²) in [5, 5.41) is 6.15. The lowest BCUT2D eigenvalue weighted by atomic mass is 10.2. The number of fused-ring (bicyclic) bond motifs is 1. The van der Waals surface area contributed by atoms with Crippen molar-refractivity contribution in [3.63, 3.8) is 0 Å². The molecule has 0 saturated carbocycles. The third kappa shape index (κ3) is 5.39. The number of nitrogens with one attached hydrogen (secondary N) is 1. The van der Waals surface area contributed by atoms with E-state index in [2.05, 4.69) is 15.5 Å². The molecule has 33 heavy (non-hydrogen) atoms. The Morgan fingerprint density at radius 1 is 1.00 bits per heavy atom. The van der Waals surface area contributed by atoms with Gasteiger partial charge in [-0.3, -0.25) is 14.2 Å². The van der Waals surface area contributed by atoms with Crippen LogP contribution in [-0.2, 0) is 4.79 Å². The van der Waals surface area contributed by atoms with Gasteiger partial charge in [-0.25, -0.2) is 10.4 Å². The average molecular weight is 518 g/mol. The van der Waals surface area contributed by atoms with Crippen LogP contribution in [0.4, 0.5) is 0 Å². The maximum atomic E-state index is 13.2. The van der Waals surface area contributed by atoms with Gasteiger partial charge in [0, 0.05) is 10.6 Å². The second-order valence-corrected chi connectivity index (χ2v) is 8.94. The summed E-state index contributed by atoms with van der Waals surface area (Å²) in [6.45, 7) is 0. The molecule has 1 N–H and O–H groups in total. The average Bonchev–Trinajstić information content (AvgIpc) is 2.80. The molecule has 6 nitrogen and oxygen atoms in total. The Kier molecular flexibility index (Phi) is 7.35. The van der Waals surface area contributed by atoms with Gasteiger partial charge in [-0.15, -0.1) is 0 Å². The van der Waals surface area contributed by atoms with E-state index >= 15 is 0 Å². The molecule has 0 atom stereocenters. The lowest BCUT2D eigenvalue weighted by Crippen LogP contribution is -2.24. The monoisotopic (exact) mass is 516 g/mol. The Bertz CT molecular complexity index is 1400. The van der Waals surface area contributed by atoms with Crippen molar-refractivity contribution in [1.82, 2.24) is 15.0 Å². The van der Waals surface area contributed by atoms with Crippen LogP contribution in [-0.4, -0.2) is 27.4 Å². The Morgan fingerprint density at radius 2 is 1.70 bits per heavy atom. The van der Waals surface area contributed by atoms with Gasteiger partial charge in [-0.1, -0.05) is 64.8 Å². The van der Waals surface area contributed by atoms with Crippen LogP contribution in [0.15, 0.2) is 81.8 Å². The van der Waals surface area contributed by atoms with Crippen LogP contribution >= 0.6 is 46.6 Å². The lowest BCUT2D eigenvalue weighted by Gasteiger charge is -2.13. The summed E-state index contributed by atoms with van der Waals surface area (Å²) in [4.78, 5) is 30.2. The van der Waals surface area contributed by atoms with Crippen molar-refractivity contribution in [1.29, 1.82) is 0 Å². The summed E-state index contributed by atoms with van der Waals surface area (Å²) in [7, 11) is 0. The highest BCUT2D eigenvalue weighted by molar-refractivity contribution is 7.99. The summed E-state index contributed by atoms with van der Waals surface area (Å²) in [5.74, 6) is -0.407. The molecule has 0 radical (unpaired) electrons. The van der Waals surface area contributed by atoms with E-state index in [0.717, 1.165) is 11.8 Å². The topological polar surface area (TPSA) is 76.3 Å². The standard InChI is InChI=1S/C23H15Cl3N4O2S/c24-14-8-10-15(11-9-14)30-22(32)16-4-1-2-7-20(16)28-23(30)33-13-21(31)29-27-12-17-18(25)5-3-6-19(17)26/h1-12H,13H2,(H,29,31)/b27-12+. The second kappa shape index (κ2) is 10.4. The van der Waals surface area contributed by atoms with E-state index in [1.807, 2.05) is 0 Å². The highest BCUT2D eigenvalue weighted by Gasteiger charge is 2.15. The zero-order valence-corrected chi connectivity index (χ0v) is 19.9. The Hall–Kier alpha value is -2.84. The van der Waals surface area contributed by atoms with Gasteiger partial charge < -0.3 is 0 Å². The van der Waals surface area contributed by atoms with Crippen LogP contribution in [0.2, 0.25) is 15.1 Å². The largest absolute Gasteiger partial charge is 0.272 e. The number of hydrogen-bond donors (Lipinski definition) is 1. The minimum atomic E-state index is -0.385. The quantitative estimate of drug-likeness (QED) is 0.157. The predicted molar refractivity (Wildman–Crippen MR) is 135 cm³/mol. The van der Waals surface area contributed by atoms with E-state index in [9.17, 15) is 9.59 Å². The number of thioether (sulfide) groups is 1. The zero-order valence-electron chi connectivity index (χ0n) is 16.8. The fraction of sp³-hybridized carbons (Fsp3) is 0.0435. The molecule has 0 aliphatic rings. The smallest absolute Gasteiger partial charge is 0.266 e. The highest BCUT2D eigenvalue weighted by Crippen LogP contribution is 2.23. The molecule has 1 amide bonds. The molecule has 0 bridgehead atoms. The van der Waals surface area contributed by atoms with Crippen LogP contribution < -0.4 is 11.0 Å². The van der Waals surface area contributed by atoms with Crippen molar-refractivity contribution in [2.75, 3.05) is 5.75 Å². The molecule has 4 rings (SSSR count). The molecule has 0 fully saturated rings. The van der Waals surface area contributed by atoms with E-state index in [0.29, 0.717) is 42.4 Å². The first-order valence-corrected chi connectivity index (χ1v) is 11.7. The molecule has 1 aromatic heterocycles. The summed E-state index contributed by atoms with van der Waals surface area (Å²) in [5.41, 5.74) is 3.83. The van der Waals surface area contributed by atoms with Gasteiger partial charge in [0.25, 0.3) is 11.5 Å². The molecule has 10 heteroatoms. The van der Waals surface area contributed by atoms with Crippen molar-refractivity contribution in [3.8, 4) is 5.69 Å².